The van der Waals surface area contributed by atoms with E-state index in [0.717, 1.165) is 18.7 Å². The molecular weight excluding hydrogens is 238 g/mol. The van der Waals surface area contributed by atoms with Crippen LogP contribution < -0.4 is 0 Å². The molecule has 3 heterocycles. The summed E-state index contributed by atoms with van der Waals surface area (Å²) >= 11 is 0. The number of amides is 1. The minimum absolute atomic E-state index is 0.142. The molecule has 3 rings (SSSR count). The van der Waals surface area contributed by atoms with Gasteiger partial charge in [0.1, 0.15) is 0 Å². The Labute approximate surface area is 114 Å². The summed E-state index contributed by atoms with van der Waals surface area (Å²) in [6.07, 6.45) is 7.31. The smallest absolute Gasteiger partial charge is 0.254 e. The summed E-state index contributed by atoms with van der Waals surface area (Å²) < 4.78 is 0. The minimum Gasteiger partial charge on any atom is -0.335 e. The van der Waals surface area contributed by atoms with Gasteiger partial charge in [0.2, 0.25) is 0 Å². The Morgan fingerprint density at radius 3 is 2.68 bits per heavy atom. The van der Waals surface area contributed by atoms with Crippen molar-refractivity contribution in [2.24, 2.45) is 0 Å². The maximum atomic E-state index is 12.2. The van der Waals surface area contributed by atoms with Gasteiger partial charge in [-0.1, -0.05) is 6.42 Å². The van der Waals surface area contributed by atoms with Crippen LogP contribution in [-0.4, -0.2) is 52.4 Å². The van der Waals surface area contributed by atoms with E-state index in [9.17, 15) is 4.79 Å². The van der Waals surface area contributed by atoms with E-state index in [1.54, 1.807) is 24.5 Å². The predicted molar refractivity (Wildman–Crippen MR) is 73.9 cm³/mol. The van der Waals surface area contributed by atoms with E-state index in [1.165, 1.54) is 25.8 Å². The van der Waals surface area contributed by atoms with Crippen molar-refractivity contribution in [2.75, 3.05) is 19.6 Å². The molecule has 2 saturated heterocycles. The number of aromatic nitrogens is 1. The third kappa shape index (κ3) is 2.50. The summed E-state index contributed by atoms with van der Waals surface area (Å²) in [6.45, 7) is 5.27. The summed E-state index contributed by atoms with van der Waals surface area (Å²) in [5.41, 5.74) is 0.750. The highest BCUT2D eigenvalue weighted by Crippen LogP contribution is 2.25. The second kappa shape index (κ2) is 5.29. The average molecular weight is 259 g/mol. The van der Waals surface area contributed by atoms with Crippen molar-refractivity contribution in [2.45, 2.75) is 38.3 Å². The van der Waals surface area contributed by atoms with E-state index >= 15 is 0 Å². The lowest BCUT2D eigenvalue weighted by molar-refractivity contribution is 0.00212. The maximum absolute atomic E-state index is 12.2. The monoisotopic (exact) mass is 259 g/mol. The normalized spacial score (nSPS) is 25.1. The van der Waals surface area contributed by atoms with Crippen molar-refractivity contribution >= 4 is 5.91 Å². The molecule has 1 aromatic rings. The Morgan fingerprint density at radius 1 is 1.26 bits per heavy atom. The van der Waals surface area contributed by atoms with Crippen LogP contribution >= 0.6 is 0 Å². The Morgan fingerprint density at radius 2 is 2.00 bits per heavy atom. The Hall–Kier alpha value is -1.42. The van der Waals surface area contributed by atoms with Gasteiger partial charge in [-0.05, 0) is 38.4 Å². The van der Waals surface area contributed by atoms with Gasteiger partial charge in [0.25, 0.3) is 5.91 Å². The largest absolute Gasteiger partial charge is 0.335 e. The van der Waals surface area contributed by atoms with Crippen molar-refractivity contribution in [3.8, 4) is 0 Å². The van der Waals surface area contributed by atoms with Crippen LogP contribution in [0.2, 0.25) is 0 Å². The van der Waals surface area contributed by atoms with Crippen molar-refractivity contribution in [1.29, 1.82) is 0 Å². The molecular formula is C15H21N3O. The van der Waals surface area contributed by atoms with E-state index in [4.69, 9.17) is 0 Å². The van der Waals surface area contributed by atoms with Gasteiger partial charge >= 0.3 is 0 Å². The molecule has 0 N–H and O–H groups in total. The van der Waals surface area contributed by atoms with Gasteiger partial charge in [0, 0.05) is 43.1 Å². The van der Waals surface area contributed by atoms with Crippen LogP contribution in [0.4, 0.5) is 0 Å². The first-order valence-corrected chi connectivity index (χ1v) is 7.21. The van der Waals surface area contributed by atoms with Crippen LogP contribution in [0.5, 0.6) is 0 Å². The molecule has 1 atom stereocenters. The number of rotatable bonds is 2. The molecule has 19 heavy (non-hydrogen) atoms. The number of hydrogen-bond acceptors (Lipinski definition) is 3. The number of piperidine rings is 1. The molecule has 2 fully saturated rings. The molecule has 0 aliphatic carbocycles. The molecule has 2 aliphatic rings. The van der Waals surface area contributed by atoms with E-state index in [2.05, 4.69) is 16.8 Å². The molecule has 0 unspecified atom stereocenters. The van der Waals surface area contributed by atoms with Crippen molar-refractivity contribution in [3.05, 3.63) is 30.1 Å². The zero-order chi connectivity index (χ0) is 13.2. The van der Waals surface area contributed by atoms with Crippen LogP contribution in [-0.2, 0) is 0 Å². The second-order valence-corrected chi connectivity index (χ2v) is 5.68. The van der Waals surface area contributed by atoms with Crippen molar-refractivity contribution in [1.82, 2.24) is 14.8 Å². The van der Waals surface area contributed by atoms with Crippen molar-refractivity contribution in [3.63, 3.8) is 0 Å². The zero-order valence-electron chi connectivity index (χ0n) is 11.5. The third-order valence-corrected chi connectivity index (χ3v) is 4.40. The number of nitrogens with zero attached hydrogens (tertiary/aromatic N) is 3. The highest BCUT2D eigenvalue weighted by Gasteiger charge is 2.37. The number of pyridine rings is 1. The summed E-state index contributed by atoms with van der Waals surface area (Å²) in [4.78, 5) is 20.7. The number of likely N-dealkylation sites (tertiary alicyclic amines) is 2. The molecule has 0 bridgehead atoms. The third-order valence-electron chi connectivity index (χ3n) is 4.40. The second-order valence-electron chi connectivity index (χ2n) is 5.68. The van der Waals surface area contributed by atoms with Gasteiger partial charge in [0.15, 0.2) is 0 Å². The summed E-state index contributed by atoms with van der Waals surface area (Å²) in [7, 11) is 0. The Balaban J connectivity index is 1.56. The quantitative estimate of drug-likeness (QED) is 0.812. The Kier molecular flexibility index (Phi) is 3.51. The summed E-state index contributed by atoms with van der Waals surface area (Å²) in [5.74, 6) is 0.142. The molecule has 1 aromatic heterocycles. The van der Waals surface area contributed by atoms with Gasteiger partial charge in [-0.3, -0.25) is 14.7 Å². The first-order valence-electron chi connectivity index (χ1n) is 7.21. The van der Waals surface area contributed by atoms with Gasteiger partial charge in [0.05, 0.1) is 0 Å². The lowest BCUT2D eigenvalue weighted by Gasteiger charge is -2.49. The predicted octanol–water partition coefficient (Wildman–Crippen LogP) is 1.78. The molecule has 0 saturated carbocycles. The molecule has 102 valence electrons. The van der Waals surface area contributed by atoms with Gasteiger partial charge in [-0.2, -0.15) is 0 Å². The topological polar surface area (TPSA) is 36.4 Å². The lowest BCUT2D eigenvalue weighted by atomic mass is 9.97. The van der Waals surface area contributed by atoms with Crippen molar-refractivity contribution < 1.29 is 4.79 Å². The molecule has 4 nitrogen and oxygen atoms in total. The summed E-state index contributed by atoms with van der Waals surface area (Å²) in [5, 5.41) is 0. The fourth-order valence-corrected chi connectivity index (χ4v) is 3.17. The minimum atomic E-state index is 0.142. The van der Waals surface area contributed by atoms with E-state index in [0.29, 0.717) is 12.1 Å². The van der Waals surface area contributed by atoms with E-state index < -0.39 is 0 Å². The molecule has 0 spiro atoms. The zero-order valence-corrected chi connectivity index (χ0v) is 11.5. The van der Waals surface area contributed by atoms with Gasteiger partial charge in [-0.15, -0.1) is 0 Å². The number of carbonyl (C=O) groups excluding carboxylic acids is 1. The molecule has 0 radical (unpaired) electrons. The van der Waals surface area contributed by atoms with E-state index in [-0.39, 0.29) is 5.91 Å². The molecule has 1 amide bonds. The highest BCUT2D eigenvalue weighted by atomic mass is 16.2. The van der Waals surface area contributed by atoms with Crippen LogP contribution in [0, 0.1) is 0 Å². The van der Waals surface area contributed by atoms with E-state index in [1.807, 2.05) is 4.90 Å². The number of carbonyl (C=O) groups is 1. The molecule has 0 aromatic carbocycles. The van der Waals surface area contributed by atoms with Crippen LogP contribution in [0.3, 0.4) is 0 Å². The van der Waals surface area contributed by atoms with Crippen LogP contribution in [0.1, 0.15) is 36.5 Å². The fourth-order valence-electron chi connectivity index (χ4n) is 3.17. The first-order chi connectivity index (χ1) is 9.25. The van der Waals surface area contributed by atoms with Crippen LogP contribution in [0.25, 0.3) is 0 Å². The molecule has 2 aliphatic heterocycles. The van der Waals surface area contributed by atoms with Crippen LogP contribution in [0.15, 0.2) is 24.5 Å². The fraction of sp³-hybridized carbons (Fsp3) is 0.600. The number of hydrogen-bond donors (Lipinski definition) is 0. The first kappa shape index (κ1) is 12.6. The maximum Gasteiger partial charge on any atom is 0.254 e. The van der Waals surface area contributed by atoms with Gasteiger partial charge < -0.3 is 4.90 Å². The average Bonchev–Trinajstić information content (AvgIpc) is 2.40. The van der Waals surface area contributed by atoms with Gasteiger partial charge in [-0.25, -0.2) is 0 Å². The summed E-state index contributed by atoms with van der Waals surface area (Å²) in [6, 6.07) is 4.83. The lowest BCUT2D eigenvalue weighted by Crippen LogP contribution is -2.63. The SMILES string of the molecule is C[C@@H]1CCCCN1C1CN(C(=O)c2ccncc2)C1. The highest BCUT2D eigenvalue weighted by molar-refractivity contribution is 5.94. The standard InChI is InChI=1S/C15H21N3O/c1-12-4-2-3-9-18(12)14-10-17(11-14)15(19)13-5-7-16-8-6-13/h5-8,12,14H,2-4,9-11H2,1H3/t12-/m1/s1. The molecule has 4 heteroatoms. The Bertz CT molecular complexity index is 442.